The molecule has 158 valence electrons. The number of carbonyl (C=O) groups is 1. The van der Waals surface area contributed by atoms with Gasteiger partial charge in [-0.25, -0.2) is 0 Å². The van der Waals surface area contributed by atoms with Crippen LogP contribution in [0.3, 0.4) is 0 Å². The van der Waals surface area contributed by atoms with Crippen LogP contribution in [0.15, 0.2) is 23.2 Å². The van der Waals surface area contributed by atoms with Gasteiger partial charge in [-0.3, -0.25) is 9.79 Å². The number of halogens is 1. The van der Waals surface area contributed by atoms with E-state index in [0.717, 1.165) is 37.7 Å². The summed E-state index contributed by atoms with van der Waals surface area (Å²) in [6.45, 7) is 1.10. The quantitative estimate of drug-likeness (QED) is 0.323. The van der Waals surface area contributed by atoms with Crippen molar-refractivity contribution in [1.29, 1.82) is 0 Å². The zero-order valence-electron chi connectivity index (χ0n) is 17.3. The fourth-order valence-corrected chi connectivity index (χ4v) is 3.63. The number of benzene rings is 1. The Morgan fingerprint density at radius 3 is 2.43 bits per heavy atom. The summed E-state index contributed by atoms with van der Waals surface area (Å²) in [5, 5.41) is 3.14. The zero-order valence-corrected chi connectivity index (χ0v) is 19.6. The lowest BCUT2D eigenvalue weighted by molar-refractivity contribution is -0.138. The van der Waals surface area contributed by atoms with E-state index in [4.69, 9.17) is 15.2 Å². The average molecular weight is 504 g/mol. The van der Waals surface area contributed by atoms with Crippen molar-refractivity contribution in [3.63, 3.8) is 0 Å². The molecule has 0 aliphatic heterocycles. The number of rotatable bonds is 8. The molecule has 0 heterocycles. The average Bonchev–Trinajstić information content (AvgIpc) is 3.15. The van der Waals surface area contributed by atoms with Gasteiger partial charge in [0.1, 0.15) is 0 Å². The predicted molar refractivity (Wildman–Crippen MR) is 123 cm³/mol. The molecule has 0 aromatic heterocycles. The summed E-state index contributed by atoms with van der Waals surface area (Å²) in [6.07, 6.45) is 4.68. The van der Waals surface area contributed by atoms with Gasteiger partial charge in [0.2, 0.25) is 5.91 Å². The van der Waals surface area contributed by atoms with E-state index in [1.165, 1.54) is 0 Å². The number of carbonyl (C=O) groups excluding carboxylic acids is 1. The van der Waals surface area contributed by atoms with Crippen LogP contribution < -0.4 is 20.5 Å². The number of nitrogens with one attached hydrogen (secondary N) is 1. The normalized spacial score (nSPS) is 15.5. The summed E-state index contributed by atoms with van der Waals surface area (Å²) in [5.74, 6) is 1.96. The Balaban J connectivity index is 0.00000392. The first-order chi connectivity index (χ1) is 12.9. The molecule has 8 heteroatoms. The van der Waals surface area contributed by atoms with E-state index in [0.29, 0.717) is 30.5 Å². The molecule has 28 heavy (non-hydrogen) atoms. The van der Waals surface area contributed by atoms with Crippen LogP contribution in [0, 0.1) is 5.41 Å². The molecule has 0 atom stereocenters. The van der Waals surface area contributed by atoms with Crippen LogP contribution in [0.1, 0.15) is 31.2 Å². The highest BCUT2D eigenvalue weighted by Gasteiger charge is 2.41. The molecule has 1 aliphatic rings. The summed E-state index contributed by atoms with van der Waals surface area (Å²) >= 11 is 0. The van der Waals surface area contributed by atoms with Gasteiger partial charge in [-0.1, -0.05) is 18.9 Å². The Hall–Kier alpha value is -1.71. The van der Waals surface area contributed by atoms with Crippen molar-refractivity contribution in [3.8, 4) is 11.5 Å². The summed E-state index contributed by atoms with van der Waals surface area (Å²) in [6, 6.07) is 5.85. The number of nitrogens with zero attached hydrogens (tertiary/aromatic N) is 2. The van der Waals surface area contributed by atoms with Gasteiger partial charge in [-0.15, -0.1) is 24.0 Å². The Morgan fingerprint density at radius 2 is 1.86 bits per heavy atom. The van der Waals surface area contributed by atoms with E-state index in [1.54, 1.807) is 33.2 Å². The van der Waals surface area contributed by atoms with Crippen molar-refractivity contribution in [2.75, 3.05) is 41.4 Å². The topological polar surface area (TPSA) is 89.2 Å². The van der Waals surface area contributed by atoms with E-state index in [-0.39, 0.29) is 35.3 Å². The Labute approximate surface area is 185 Å². The highest BCUT2D eigenvalue weighted by molar-refractivity contribution is 14.0. The molecule has 0 bridgehead atoms. The smallest absolute Gasteiger partial charge is 0.230 e. The number of methoxy groups -OCH3 is 2. The second kappa shape index (κ2) is 11.3. The summed E-state index contributed by atoms with van der Waals surface area (Å²) in [4.78, 5) is 18.7. The highest BCUT2D eigenvalue weighted by Crippen LogP contribution is 2.39. The van der Waals surface area contributed by atoms with Crippen LogP contribution in [-0.2, 0) is 11.2 Å². The molecule has 0 radical (unpaired) electrons. The minimum absolute atomic E-state index is 0. The monoisotopic (exact) mass is 504 g/mol. The van der Waals surface area contributed by atoms with Crippen molar-refractivity contribution in [2.24, 2.45) is 16.1 Å². The van der Waals surface area contributed by atoms with Crippen molar-refractivity contribution in [1.82, 2.24) is 10.2 Å². The lowest BCUT2D eigenvalue weighted by Crippen LogP contribution is -2.42. The van der Waals surface area contributed by atoms with E-state index in [2.05, 4.69) is 10.3 Å². The molecular weight excluding hydrogens is 471 g/mol. The van der Waals surface area contributed by atoms with Gasteiger partial charge in [0.05, 0.1) is 26.2 Å². The van der Waals surface area contributed by atoms with Gasteiger partial charge >= 0.3 is 0 Å². The largest absolute Gasteiger partial charge is 0.493 e. The maximum absolute atomic E-state index is 12.6. The number of nitrogens with two attached hydrogens (primary N) is 1. The van der Waals surface area contributed by atoms with E-state index < -0.39 is 0 Å². The van der Waals surface area contributed by atoms with Crippen LogP contribution in [0.25, 0.3) is 0 Å². The number of aliphatic imine (C=N–C) groups is 1. The molecule has 0 saturated heterocycles. The maximum Gasteiger partial charge on any atom is 0.230 e. The van der Waals surface area contributed by atoms with Crippen molar-refractivity contribution in [3.05, 3.63) is 23.8 Å². The van der Waals surface area contributed by atoms with Crippen LogP contribution >= 0.6 is 24.0 Å². The minimum Gasteiger partial charge on any atom is -0.493 e. The van der Waals surface area contributed by atoms with Crippen LogP contribution in [0.4, 0.5) is 0 Å². The molecule has 1 aromatic rings. The second-order valence-electron chi connectivity index (χ2n) is 7.25. The Kier molecular flexibility index (Phi) is 9.84. The first kappa shape index (κ1) is 24.3. The van der Waals surface area contributed by atoms with Crippen LogP contribution in [0.5, 0.6) is 11.5 Å². The molecule has 1 amide bonds. The van der Waals surface area contributed by atoms with Gasteiger partial charge in [0.25, 0.3) is 0 Å². The van der Waals surface area contributed by atoms with Crippen molar-refractivity contribution in [2.45, 2.75) is 32.1 Å². The van der Waals surface area contributed by atoms with Crippen molar-refractivity contribution < 1.29 is 14.3 Å². The molecule has 1 aliphatic carbocycles. The molecule has 7 nitrogen and oxygen atoms in total. The maximum atomic E-state index is 12.6. The lowest BCUT2D eigenvalue weighted by atomic mass is 9.85. The fraction of sp³-hybridized carbons (Fsp3) is 0.600. The Morgan fingerprint density at radius 1 is 1.21 bits per heavy atom. The summed E-state index contributed by atoms with van der Waals surface area (Å²) < 4.78 is 10.6. The van der Waals surface area contributed by atoms with Crippen LogP contribution in [0.2, 0.25) is 0 Å². The zero-order chi connectivity index (χ0) is 19.9. The third-order valence-corrected chi connectivity index (χ3v) is 5.14. The van der Waals surface area contributed by atoms with E-state index in [9.17, 15) is 4.79 Å². The number of amides is 1. The minimum atomic E-state index is -0.390. The van der Waals surface area contributed by atoms with Gasteiger partial charge < -0.3 is 25.4 Å². The Bertz CT molecular complexity index is 673. The molecular formula is C20H33IN4O3. The number of ether oxygens (including phenoxy) is 2. The second-order valence-corrected chi connectivity index (χ2v) is 7.25. The summed E-state index contributed by atoms with van der Waals surface area (Å²) in [5.41, 5.74) is 6.75. The first-order valence-electron chi connectivity index (χ1n) is 9.38. The standard InChI is InChI=1S/C20H32N4O3.HI/c1-24(2)18(25)20(10-5-6-11-20)14-23-19(21)22-12-9-15-7-8-16(26-3)17(13-15)27-4;/h7-8,13H,5-6,9-12,14H2,1-4H3,(H3,21,22,23);1H. The van der Waals surface area contributed by atoms with Gasteiger partial charge in [0.15, 0.2) is 17.5 Å². The van der Waals surface area contributed by atoms with Gasteiger partial charge in [0, 0.05) is 20.6 Å². The first-order valence-corrected chi connectivity index (χ1v) is 9.38. The van der Waals surface area contributed by atoms with E-state index >= 15 is 0 Å². The molecule has 1 fully saturated rings. The molecule has 0 spiro atoms. The molecule has 1 saturated carbocycles. The molecule has 3 N–H and O–H groups in total. The van der Waals surface area contributed by atoms with E-state index in [1.807, 2.05) is 18.2 Å². The van der Waals surface area contributed by atoms with Crippen molar-refractivity contribution >= 4 is 35.8 Å². The highest BCUT2D eigenvalue weighted by atomic mass is 127. The number of hydrogen-bond acceptors (Lipinski definition) is 4. The third-order valence-electron chi connectivity index (χ3n) is 5.14. The van der Waals surface area contributed by atoms with Gasteiger partial charge in [-0.05, 0) is 37.0 Å². The number of hydrogen-bond donors (Lipinski definition) is 2. The molecule has 1 aromatic carbocycles. The SMILES string of the molecule is COc1ccc(CCNC(N)=NCC2(C(=O)N(C)C)CCCC2)cc1OC.I. The van der Waals surface area contributed by atoms with Gasteiger partial charge in [-0.2, -0.15) is 0 Å². The van der Waals surface area contributed by atoms with Crippen LogP contribution in [-0.4, -0.2) is 58.2 Å². The summed E-state index contributed by atoms with van der Waals surface area (Å²) in [7, 11) is 6.85. The predicted octanol–water partition coefficient (Wildman–Crippen LogP) is 2.42. The lowest BCUT2D eigenvalue weighted by Gasteiger charge is -2.29. The molecule has 0 unspecified atom stereocenters. The third kappa shape index (κ3) is 6.15. The molecule has 2 rings (SSSR count). The number of guanidine groups is 1. The fourth-order valence-electron chi connectivity index (χ4n) is 3.63.